The number of hydrogen-bond acceptors (Lipinski definition) is 20. The first-order valence-corrected chi connectivity index (χ1v) is 49.6. The van der Waals surface area contributed by atoms with Gasteiger partial charge < -0.3 is 30.6 Å². The van der Waals surface area contributed by atoms with Gasteiger partial charge in [-0.2, -0.15) is 20.4 Å². The molecule has 30 nitrogen and oxygen atoms in total. The zero-order valence-electron chi connectivity index (χ0n) is 81.3. The van der Waals surface area contributed by atoms with Crippen molar-refractivity contribution in [3.05, 3.63) is 328 Å². The fourth-order valence-corrected chi connectivity index (χ4v) is 19.5. The quantitative estimate of drug-likeness (QED) is 0.0319. The van der Waals surface area contributed by atoms with Gasteiger partial charge >= 0.3 is 0 Å². The van der Waals surface area contributed by atoms with E-state index < -0.39 is 0 Å². The molecule has 2 fully saturated rings. The number of H-pyrrole nitrogens is 8. The fourth-order valence-electron chi connectivity index (χ4n) is 19.5. The van der Waals surface area contributed by atoms with Gasteiger partial charge in [-0.05, 0) is 243 Å². The van der Waals surface area contributed by atoms with Crippen molar-refractivity contribution in [3.63, 3.8) is 0 Å². The summed E-state index contributed by atoms with van der Waals surface area (Å²) in [5.41, 5.74) is 33.4. The van der Waals surface area contributed by atoms with E-state index in [0.29, 0.717) is 35.9 Å². The minimum absolute atomic E-state index is 0.0148. The highest BCUT2D eigenvalue weighted by molar-refractivity contribution is 6.04. The van der Waals surface area contributed by atoms with Crippen molar-refractivity contribution in [2.75, 3.05) is 36.8 Å². The number of fused-ring (bicyclic) bond motifs is 8. The van der Waals surface area contributed by atoms with Crippen molar-refractivity contribution in [3.8, 4) is 136 Å². The number of benzene rings is 8. The first-order chi connectivity index (χ1) is 72.2. The lowest BCUT2D eigenvalue weighted by Crippen LogP contribution is -2.29. The number of para-hydroxylation sites is 4. The van der Waals surface area contributed by atoms with Crippen molar-refractivity contribution in [1.82, 2.24) is 130 Å². The second-order valence-electron chi connectivity index (χ2n) is 38.3. The van der Waals surface area contributed by atoms with E-state index in [-0.39, 0.29) is 17.2 Å². The third-order valence-corrected chi connectivity index (χ3v) is 26.6. The van der Waals surface area contributed by atoms with Crippen LogP contribution in [-0.2, 0) is 22.7 Å². The van der Waals surface area contributed by atoms with Gasteiger partial charge in [0, 0.05) is 154 Å². The van der Waals surface area contributed by atoms with E-state index in [1.807, 2.05) is 222 Å². The topological polar surface area (TPSA) is 397 Å². The average Bonchev–Trinajstić information content (AvgIpc) is 1.63. The molecule has 8 aromatic carbocycles. The highest BCUT2D eigenvalue weighted by Gasteiger charge is 2.26. The summed E-state index contributed by atoms with van der Waals surface area (Å²) in [5.74, 6) is 2.78. The van der Waals surface area contributed by atoms with Crippen LogP contribution < -0.4 is 10.6 Å². The van der Waals surface area contributed by atoms with Crippen molar-refractivity contribution in [1.29, 1.82) is 0 Å². The molecule has 0 unspecified atom stereocenters. The molecule has 26 rings (SSSR count). The van der Waals surface area contributed by atoms with Crippen LogP contribution in [0, 0.1) is 5.41 Å². The molecular formula is C117H102N28O2. The van der Waals surface area contributed by atoms with Crippen LogP contribution in [0.25, 0.3) is 223 Å². The molecule has 2 amide bonds. The molecular weight excluding hydrogens is 1830 g/mol. The van der Waals surface area contributed by atoms with Crippen LogP contribution in [0.3, 0.4) is 0 Å². The van der Waals surface area contributed by atoms with Gasteiger partial charge in [-0.3, -0.25) is 79.7 Å². The van der Waals surface area contributed by atoms with Gasteiger partial charge in [0.2, 0.25) is 11.8 Å². The number of nitrogens with zero attached hydrogens (tertiary/aromatic N) is 18. The molecule has 16 aromatic heterocycles. The molecule has 0 bridgehead atoms. The molecule has 18 heterocycles. The van der Waals surface area contributed by atoms with E-state index in [1.165, 1.54) is 69.4 Å². The highest BCUT2D eigenvalue weighted by atomic mass is 16.2. The van der Waals surface area contributed by atoms with Crippen molar-refractivity contribution in [2.45, 2.75) is 92.2 Å². The number of carbonyl (C=O) groups is 2. The number of amides is 2. The highest BCUT2D eigenvalue weighted by Crippen LogP contribution is 2.41. The number of anilines is 2. The molecule has 0 atom stereocenters. The van der Waals surface area contributed by atoms with Crippen molar-refractivity contribution in [2.24, 2.45) is 5.41 Å². The monoisotopic (exact) mass is 1930 g/mol. The normalized spacial score (nSPS) is 12.9. The summed E-state index contributed by atoms with van der Waals surface area (Å²) in [7, 11) is 0. The molecule has 30 heteroatoms. The molecule has 0 saturated carbocycles. The maximum absolute atomic E-state index is 12.4. The SMILES string of the molecule is CC(C)(C)CC(=O)Nc1cncc(-c2ccc3[nH]nc(-c4nc5c(-c6ccccn6)cccc5[nH]4)c3c2)c1.CCCC(=O)Nc1cncc(-c2ccc3[nH]nc(-c4nc5c(-c6ccccn6)cccc5[nH]4)c3c2)c1.c1ccc(-c2cccc3[nH]c(-c4n[nH]c5ccc(-c6cncc(CN7CCCC7)c6)cc45)nc23)nc1.c1ccc(-c2cccc3[nH]c(-c4n[nH]c5ccc(-c6cncc(CN7CCCCC7)c6)cc45)nc23)nc1. The van der Waals surface area contributed by atoms with E-state index in [0.717, 1.165) is 231 Å². The third-order valence-electron chi connectivity index (χ3n) is 26.6. The summed E-state index contributed by atoms with van der Waals surface area (Å²) < 4.78 is 0. The maximum atomic E-state index is 12.4. The predicted molar refractivity (Wildman–Crippen MR) is 580 cm³/mol. The van der Waals surface area contributed by atoms with Crippen LogP contribution in [-0.4, -0.2) is 168 Å². The van der Waals surface area contributed by atoms with E-state index >= 15 is 0 Å². The maximum Gasteiger partial charge on any atom is 0.224 e. The summed E-state index contributed by atoms with van der Waals surface area (Å²) in [5, 5.41) is 40.8. The van der Waals surface area contributed by atoms with E-state index in [9.17, 15) is 9.59 Å². The number of hydrogen-bond donors (Lipinski definition) is 10. The number of likely N-dealkylation sites (tertiary alicyclic amines) is 2. The summed E-state index contributed by atoms with van der Waals surface area (Å²) in [6.07, 6.45) is 30.2. The Balaban J connectivity index is 0.000000108. The number of imidazole rings is 4. The van der Waals surface area contributed by atoms with Crippen LogP contribution in [0.4, 0.5) is 11.4 Å². The molecule has 147 heavy (non-hydrogen) atoms. The summed E-state index contributed by atoms with van der Waals surface area (Å²) in [6, 6.07) is 81.1. The zero-order valence-corrected chi connectivity index (χ0v) is 81.3. The molecule has 2 aliphatic rings. The Hall–Kier alpha value is -18.4. The number of aromatic nitrogens is 24. The Bertz CT molecular complexity index is 8910. The summed E-state index contributed by atoms with van der Waals surface area (Å²) >= 11 is 0. The number of piperidine rings is 1. The molecule has 2 aliphatic heterocycles. The van der Waals surface area contributed by atoms with Crippen molar-refractivity contribution >= 4 is 111 Å². The number of nitrogens with one attached hydrogen (secondary N) is 10. The molecule has 10 N–H and O–H groups in total. The lowest BCUT2D eigenvalue weighted by atomic mass is 9.92. The Morgan fingerprint density at radius 1 is 0.313 bits per heavy atom. The van der Waals surface area contributed by atoms with Crippen LogP contribution in [0.1, 0.15) is 90.2 Å². The molecule has 2 saturated heterocycles. The Kier molecular flexibility index (Phi) is 25.7. The largest absolute Gasteiger partial charge is 0.337 e. The summed E-state index contributed by atoms with van der Waals surface area (Å²) in [6.45, 7) is 14.7. The number of rotatable bonds is 21. The zero-order chi connectivity index (χ0) is 99.3. The van der Waals surface area contributed by atoms with Gasteiger partial charge in [-0.25, -0.2) is 19.9 Å². The van der Waals surface area contributed by atoms with Crippen LogP contribution in [0.5, 0.6) is 0 Å². The van der Waals surface area contributed by atoms with E-state index in [4.69, 9.17) is 19.9 Å². The number of carbonyl (C=O) groups excluding carboxylic acids is 2. The van der Waals surface area contributed by atoms with Crippen LogP contribution in [0.15, 0.2) is 317 Å². The third kappa shape index (κ3) is 20.1. The predicted octanol–water partition coefficient (Wildman–Crippen LogP) is 24.6. The standard InChI is InChI=1S/C30H27N7O.C30H27N7.C29H25N7.C28H23N7O/c1-30(2,3)15-26(38)33-20-13-19(16-31-17-20)18-10-11-24-22(14-18)28(37-36-24)29-34-25-9-6-7-21(27(25)35-29)23-8-4-5-12-32-23;1-4-13-37(14-5-1)19-20-15-22(18-31-17-20)21-10-11-26-24(16-21)29(36-35-26)30-33-27-9-6-7-23(28(27)34-30)25-8-2-3-12-32-25;1-2-11-31-24(7-1)22-6-5-8-26-27(22)33-29(32-26)28-23-15-20(9-10-25(23)34-35-28)21-14-19(16-30-17-21)18-36-12-3-4-13-36;1-2-6-25(36)31-19-13-18(15-29-16-19)17-10-11-23-21(14-17)27(35-34-23)28-32-24-9-5-7-20(26(24)33-28)22-8-3-4-12-30-22/h4-14,16-17H,15H2,1-3H3,(H,33,38)(H,34,35)(H,36,37);2-3,6-12,15-18H,1,4-5,13-14,19H2,(H,33,34)(H,35,36);1-2,5-11,14-17H,3-4,12-13,18H2,(H,32,33)(H,34,35);3-5,7-16H,2,6H2,1H3,(H,31,36)(H,32,33)(H,34,35). The van der Waals surface area contributed by atoms with Gasteiger partial charge in [0.1, 0.15) is 22.8 Å². The summed E-state index contributed by atoms with van der Waals surface area (Å²) in [4.78, 5) is 98.9. The second kappa shape index (κ2) is 40.9. The molecule has 0 aliphatic carbocycles. The van der Waals surface area contributed by atoms with Gasteiger partial charge in [0.05, 0.1) is 113 Å². The molecule has 0 radical (unpaired) electrons. The Morgan fingerprint density at radius 2 is 0.619 bits per heavy atom. The van der Waals surface area contributed by atoms with Gasteiger partial charge in [0.25, 0.3) is 0 Å². The lowest BCUT2D eigenvalue weighted by Gasteiger charge is -2.26. The van der Waals surface area contributed by atoms with E-state index in [2.05, 4.69) is 194 Å². The van der Waals surface area contributed by atoms with Gasteiger partial charge in [-0.15, -0.1) is 0 Å². The average molecular weight is 1930 g/mol. The first-order valence-electron chi connectivity index (χ1n) is 49.6. The van der Waals surface area contributed by atoms with Crippen molar-refractivity contribution < 1.29 is 9.59 Å². The molecule has 24 aromatic rings. The van der Waals surface area contributed by atoms with Gasteiger partial charge in [0.15, 0.2) is 23.3 Å². The first kappa shape index (κ1) is 92.3. The minimum Gasteiger partial charge on any atom is -0.337 e. The van der Waals surface area contributed by atoms with Crippen LogP contribution >= 0.6 is 0 Å². The Morgan fingerprint density at radius 3 is 0.925 bits per heavy atom. The van der Waals surface area contributed by atoms with Crippen LogP contribution in [0.2, 0.25) is 0 Å². The smallest absolute Gasteiger partial charge is 0.224 e. The van der Waals surface area contributed by atoms with E-state index in [1.54, 1.807) is 49.6 Å². The lowest BCUT2D eigenvalue weighted by molar-refractivity contribution is -0.118. The minimum atomic E-state index is -0.0904. The molecule has 0 spiro atoms. The number of aromatic amines is 8. The number of pyridine rings is 8. The van der Waals surface area contributed by atoms with Gasteiger partial charge in [-0.1, -0.05) is 131 Å². The fraction of sp³-hybridized carbons (Fsp3) is 0.162. The Labute approximate surface area is 843 Å². The second-order valence-corrected chi connectivity index (χ2v) is 38.3. The molecule has 722 valence electrons.